The summed E-state index contributed by atoms with van der Waals surface area (Å²) in [7, 11) is 0. The molecule has 1 heterocycles. The van der Waals surface area contributed by atoms with Crippen LogP contribution in [-0.2, 0) is 10.2 Å². The minimum atomic E-state index is -0.877. The Hall–Kier alpha value is -2.20. The highest BCUT2D eigenvalue weighted by Gasteiger charge is 2.41. The molecule has 1 atom stereocenters. The van der Waals surface area contributed by atoms with Gasteiger partial charge in [0, 0.05) is 31.0 Å². The average Bonchev–Trinajstić information content (AvgIpc) is 2.59. The minimum Gasteiger partial charge on any atom is -0.369 e. The largest absolute Gasteiger partial charge is 0.369 e. The van der Waals surface area contributed by atoms with E-state index in [1.54, 1.807) is 12.4 Å². The summed E-state index contributed by atoms with van der Waals surface area (Å²) in [5, 5.41) is 0. The molecule has 1 amide bonds. The third kappa shape index (κ3) is 4.07. The predicted molar refractivity (Wildman–Crippen MR) is 102 cm³/mol. The molecule has 1 aromatic carbocycles. The van der Waals surface area contributed by atoms with Crippen molar-refractivity contribution in [2.45, 2.75) is 51.6 Å². The molecule has 0 aliphatic rings. The van der Waals surface area contributed by atoms with Crippen LogP contribution >= 0.6 is 0 Å². The first-order chi connectivity index (χ1) is 11.9. The van der Waals surface area contributed by atoms with Gasteiger partial charge in [-0.25, -0.2) is 0 Å². The van der Waals surface area contributed by atoms with Crippen molar-refractivity contribution < 1.29 is 4.79 Å². The van der Waals surface area contributed by atoms with Crippen LogP contribution in [0.4, 0.5) is 0 Å². The smallest absolute Gasteiger partial charge is 0.232 e. The second-order valence-electron chi connectivity index (χ2n) is 7.05. The van der Waals surface area contributed by atoms with Crippen LogP contribution in [0.2, 0.25) is 0 Å². The van der Waals surface area contributed by atoms with Gasteiger partial charge in [-0.3, -0.25) is 14.7 Å². The number of benzene rings is 1. The number of carbonyl (C=O) groups is 1. The molecule has 134 valence electrons. The summed E-state index contributed by atoms with van der Waals surface area (Å²) >= 11 is 0. The lowest BCUT2D eigenvalue weighted by molar-refractivity contribution is -0.122. The van der Waals surface area contributed by atoms with Gasteiger partial charge in [-0.2, -0.15) is 0 Å². The summed E-state index contributed by atoms with van der Waals surface area (Å²) in [6.07, 6.45) is 4.09. The molecular formula is C21H29N3O. The maximum absolute atomic E-state index is 12.8. The second kappa shape index (κ2) is 8.26. The van der Waals surface area contributed by atoms with Gasteiger partial charge in [0.1, 0.15) is 5.41 Å². The first kappa shape index (κ1) is 19.1. The van der Waals surface area contributed by atoms with Gasteiger partial charge in [-0.15, -0.1) is 0 Å². The third-order valence-electron chi connectivity index (χ3n) is 4.91. The number of pyridine rings is 1. The number of rotatable bonds is 8. The van der Waals surface area contributed by atoms with E-state index >= 15 is 0 Å². The predicted octanol–water partition coefficient (Wildman–Crippen LogP) is 3.36. The SMILES string of the molecule is CC(C)N(CCC(C(N)=O)(c1ccccc1)c1cccnc1)C(C)C. The summed E-state index contributed by atoms with van der Waals surface area (Å²) < 4.78 is 0. The molecule has 1 unspecified atom stereocenters. The number of hydrogen-bond acceptors (Lipinski definition) is 3. The molecular weight excluding hydrogens is 310 g/mol. The van der Waals surface area contributed by atoms with Crippen molar-refractivity contribution in [3.8, 4) is 0 Å². The van der Waals surface area contributed by atoms with Crippen LogP contribution in [0, 0.1) is 0 Å². The number of primary amides is 1. The Morgan fingerprint density at radius 2 is 1.64 bits per heavy atom. The molecule has 2 N–H and O–H groups in total. The van der Waals surface area contributed by atoms with Crippen molar-refractivity contribution in [2.24, 2.45) is 5.73 Å². The standard InChI is InChI=1S/C21H29N3O/c1-16(2)24(17(3)4)14-12-21(20(22)25,18-9-6-5-7-10-18)19-11-8-13-23-15-19/h5-11,13,15-17H,12,14H2,1-4H3,(H2,22,25). The first-order valence-corrected chi connectivity index (χ1v) is 8.91. The van der Waals surface area contributed by atoms with Gasteiger partial charge in [0.2, 0.25) is 5.91 Å². The van der Waals surface area contributed by atoms with Crippen molar-refractivity contribution >= 4 is 5.91 Å². The number of carbonyl (C=O) groups excluding carboxylic acids is 1. The van der Waals surface area contributed by atoms with E-state index in [1.165, 1.54) is 0 Å². The topological polar surface area (TPSA) is 59.2 Å². The fourth-order valence-electron chi connectivity index (χ4n) is 3.61. The van der Waals surface area contributed by atoms with Gasteiger partial charge in [0.25, 0.3) is 0 Å². The first-order valence-electron chi connectivity index (χ1n) is 8.91. The molecule has 0 fully saturated rings. The van der Waals surface area contributed by atoms with Crippen LogP contribution < -0.4 is 5.73 Å². The lowest BCUT2D eigenvalue weighted by Gasteiger charge is -2.37. The van der Waals surface area contributed by atoms with Crippen molar-refractivity contribution in [2.75, 3.05) is 6.54 Å². The zero-order valence-corrected chi connectivity index (χ0v) is 15.6. The Kier molecular flexibility index (Phi) is 6.32. The molecule has 4 heteroatoms. The normalized spacial score (nSPS) is 14.0. The molecule has 0 bridgehead atoms. The summed E-state index contributed by atoms with van der Waals surface area (Å²) in [5.41, 5.74) is 6.88. The summed E-state index contributed by atoms with van der Waals surface area (Å²) in [4.78, 5) is 19.4. The molecule has 2 rings (SSSR count). The van der Waals surface area contributed by atoms with Gasteiger partial charge in [0.15, 0.2) is 0 Å². The Balaban J connectivity index is 2.50. The minimum absolute atomic E-state index is 0.334. The molecule has 2 aromatic rings. The van der Waals surface area contributed by atoms with E-state index in [9.17, 15) is 4.79 Å². The molecule has 0 aliphatic heterocycles. The summed E-state index contributed by atoms with van der Waals surface area (Å²) in [6.45, 7) is 9.50. The van der Waals surface area contributed by atoms with Crippen LogP contribution in [0.15, 0.2) is 54.9 Å². The van der Waals surface area contributed by atoms with E-state index in [2.05, 4.69) is 37.6 Å². The maximum Gasteiger partial charge on any atom is 0.232 e. The Morgan fingerprint density at radius 1 is 1.04 bits per heavy atom. The van der Waals surface area contributed by atoms with Crippen molar-refractivity contribution in [1.29, 1.82) is 0 Å². The van der Waals surface area contributed by atoms with E-state index in [-0.39, 0.29) is 5.91 Å². The number of nitrogens with zero attached hydrogens (tertiary/aromatic N) is 2. The molecule has 0 radical (unpaired) electrons. The molecule has 4 nitrogen and oxygen atoms in total. The van der Waals surface area contributed by atoms with Crippen LogP contribution in [-0.4, -0.2) is 34.4 Å². The van der Waals surface area contributed by atoms with Crippen molar-refractivity contribution in [1.82, 2.24) is 9.88 Å². The van der Waals surface area contributed by atoms with E-state index < -0.39 is 5.41 Å². The molecule has 25 heavy (non-hydrogen) atoms. The maximum atomic E-state index is 12.8. The molecule has 0 spiro atoms. The summed E-state index contributed by atoms with van der Waals surface area (Å²) in [5.74, 6) is -0.334. The van der Waals surface area contributed by atoms with Gasteiger partial charge >= 0.3 is 0 Å². The zero-order chi connectivity index (χ0) is 18.4. The number of hydrogen-bond donors (Lipinski definition) is 1. The lowest BCUT2D eigenvalue weighted by Crippen LogP contribution is -2.47. The molecule has 0 aliphatic carbocycles. The lowest BCUT2D eigenvalue weighted by atomic mass is 9.71. The van der Waals surface area contributed by atoms with Crippen molar-refractivity contribution in [3.05, 3.63) is 66.0 Å². The zero-order valence-electron chi connectivity index (χ0n) is 15.6. The van der Waals surface area contributed by atoms with Gasteiger partial charge in [0.05, 0.1) is 0 Å². The van der Waals surface area contributed by atoms with E-state index in [0.29, 0.717) is 18.5 Å². The quantitative estimate of drug-likeness (QED) is 0.802. The average molecular weight is 339 g/mol. The number of aromatic nitrogens is 1. The Labute approximate surface area is 151 Å². The monoisotopic (exact) mass is 339 g/mol. The number of amides is 1. The van der Waals surface area contributed by atoms with Crippen LogP contribution in [0.5, 0.6) is 0 Å². The second-order valence-corrected chi connectivity index (χ2v) is 7.05. The van der Waals surface area contributed by atoms with Crippen molar-refractivity contribution in [3.63, 3.8) is 0 Å². The third-order valence-corrected chi connectivity index (χ3v) is 4.91. The fraction of sp³-hybridized carbons (Fsp3) is 0.429. The van der Waals surface area contributed by atoms with Crippen LogP contribution in [0.25, 0.3) is 0 Å². The van der Waals surface area contributed by atoms with Crippen LogP contribution in [0.1, 0.15) is 45.2 Å². The van der Waals surface area contributed by atoms with Crippen LogP contribution in [0.3, 0.4) is 0 Å². The number of nitrogens with two attached hydrogens (primary N) is 1. The fourth-order valence-corrected chi connectivity index (χ4v) is 3.61. The Bertz CT molecular complexity index is 621. The molecule has 1 aromatic heterocycles. The Morgan fingerprint density at radius 3 is 2.12 bits per heavy atom. The van der Waals surface area contributed by atoms with E-state index in [1.807, 2.05) is 42.5 Å². The highest BCUT2D eigenvalue weighted by Crippen LogP contribution is 2.36. The summed E-state index contributed by atoms with van der Waals surface area (Å²) in [6, 6.07) is 14.4. The van der Waals surface area contributed by atoms with E-state index in [0.717, 1.165) is 17.7 Å². The highest BCUT2D eigenvalue weighted by atomic mass is 16.1. The van der Waals surface area contributed by atoms with Gasteiger partial charge in [-0.05, 0) is 51.3 Å². The van der Waals surface area contributed by atoms with Gasteiger partial charge in [-0.1, -0.05) is 36.4 Å². The van der Waals surface area contributed by atoms with Gasteiger partial charge < -0.3 is 5.73 Å². The highest BCUT2D eigenvalue weighted by molar-refractivity contribution is 5.90. The molecule has 0 saturated carbocycles. The van der Waals surface area contributed by atoms with E-state index in [4.69, 9.17) is 5.73 Å². The molecule has 0 saturated heterocycles.